The number of thioether (sulfide) groups is 1. The summed E-state index contributed by atoms with van der Waals surface area (Å²) in [5.41, 5.74) is 2.38. The van der Waals surface area contributed by atoms with E-state index in [0.29, 0.717) is 16.9 Å². The van der Waals surface area contributed by atoms with Crippen molar-refractivity contribution >= 4 is 35.3 Å². The summed E-state index contributed by atoms with van der Waals surface area (Å²) >= 11 is 1.75. The molecule has 1 aromatic carbocycles. The Morgan fingerprint density at radius 3 is 2.37 bits per heavy atom. The molecule has 140 valence electrons. The highest BCUT2D eigenvalue weighted by Crippen LogP contribution is 2.37. The lowest BCUT2D eigenvalue weighted by molar-refractivity contribution is -0.116. The predicted octanol–water partition coefficient (Wildman–Crippen LogP) is 2.62. The van der Waals surface area contributed by atoms with Crippen LogP contribution in [0.4, 0.5) is 5.82 Å². The molecule has 3 amide bonds. The molecule has 2 aliphatic rings. The zero-order valence-corrected chi connectivity index (χ0v) is 16.2. The summed E-state index contributed by atoms with van der Waals surface area (Å²) in [4.78, 5) is 38.6. The quantitative estimate of drug-likeness (QED) is 0.823. The van der Waals surface area contributed by atoms with Crippen LogP contribution >= 0.6 is 11.8 Å². The van der Waals surface area contributed by atoms with Crippen molar-refractivity contribution in [2.45, 2.75) is 37.8 Å². The Morgan fingerprint density at radius 2 is 1.78 bits per heavy atom. The Balaban J connectivity index is 1.57. The van der Waals surface area contributed by atoms with Crippen LogP contribution in [0.15, 0.2) is 24.3 Å². The van der Waals surface area contributed by atoms with Crippen molar-refractivity contribution in [3.63, 3.8) is 0 Å². The summed E-state index contributed by atoms with van der Waals surface area (Å²) in [6, 6.07) is 6.62. The van der Waals surface area contributed by atoms with Crippen LogP contribution in [0.1, 0.15) is 52.7 Å². The van der Waals surface area contributed by atoms with Gasteiger partial charge in [0.1, 0.15) is 12.4 Å². The van der Waals surface area contributed by atoms with Gasteiger partial charge in [-0.1, -0.05) is 12.1 Å². The first-order chi connectivity index (χ1) is 12.8. The molecule has 0 fully saturated rings. The van der Waals surface area contributed by atoms with Crippen molar-refractivity contribution in [2.24, 2.45) is 0 Å². The zero-order valence-electron chi connectivity index (χ0n) is 15.4. The number of carbonyl (C=O) groups is 3. The molecule has 4 rings (SSSR count). The molecule has 0 radical (unpaired) electrons. The summed E-state index contributed by atoms with van der Waals surface area (Å²) in [6.07, 6.45) is 0. The molecule has 0 saturated carbocycles. The van der Waals surface area contributed by atoms with E-state index in [9.17, 15) is 14.4 Å². The molecule has 0 atom stereocenters. The van der Waals surface area contributed by atoms with E-state index in [-0.39, 0.29) is 12.1 Å². The highest BCUT2D eigenvalue weighted by atomic mass is 32.2. The van der Waals surface area contributed by atoms with E-state index in [1.165, 1.54) is 0 Å². The predicted molar refractivity (Wildman–Crippen MR) is 103 cm³/mol. The van der Waals surface area contributed by atoms with Gasteiger partial charge in [0.05, 0.1) is 22.4 Å². The van der Waals surface area contributed by atoms with Crippen LogP contribution in [0.3, 0.4) is 0 Å². The molecule has 7 nitrogen and oxygen atoms in total. The normalized spacial score (nSPS) is 15.9. The van der Waals surface area contributed by atoms with Crippen molar-refractivity contribution in [2.75, 3.05) is 11.9 Å². The number of benzene rings is 1. The number of nitrogens with zero attached hydrogens (tertiary/aromatic N) is 3. The average Bonchev–Trinajstić information content (AvgIpc) is 3.26. The van der Waals surface area contributed by atoms with Gasteiger partial charge in [-0.2, -0.15) is 16.9 Å². The molecule has 0 unspecified atom stereocenters. The Bertz CT molecular complexity index is 939. The molecule has 3 heterocycles. The summed E-state index contributed by atoms with van der Waals surface area (Å²) in [5, 5.41) is 7.54. The lowest BCUT2D eigenvalue weighted by Gasteiger charge is -2.23. The van der Waals surface area contributed by atoms with E-state index < -0.39 is 17.7 Å². The number of nitrogens with one attached hydrogen (secondary N) is 1. The van der Waals surface area contributed by atoms with Crippen LogP contribution in [0, 0.1) is 0 Å². The third-order valence-electron chi connectivity index (χ3n) is 4.63. The molecule has 0 spiro atoms. The molecular formula is C19H20N4O3S. The minimum absolute atomic E-state index is 0.298. The minimum Gasteiger partial charge on any atom is -0.309 e. The van der Waals surface area contributed by atoms with Crippen LogP contribution in [0.5, 0.6) is 0 Å². The van der Waals surface area contributed by atoms with Crippen molar-refractivity contribution in [1.29, 1.82) is 0 Å². The van der Waals surface area contributed by atoms with Crippen molar-refractivity contribution in [3.8, 4) is 0 Å². The summed E-state index contributed by atoms with van der Waals surface area (Å²) in [7, 11) is 0. The van der Waals surface area contributed by atoms with E-state index in [1.54, 1.807) is 36.0 Å². The summed E-state index contributed by atoms with van der Waals surface area (Å²) in [6.45, 7) is 5.73. The Labute approximate surface area is 161 Å². The maximum Gasteiger partial charge on any atom is 0.262 e. The van der Waals surface area contributed by atoms with E-state index in [0.717, 1.165) is 27.7 Å². The van der Waals surface area contributed by atoms with Gasteiger partial charge >= 0.3 is 0 Å². The summed E-state index contributed by atoms with van der Waals surface area (Å²) < 4.78 is 1.82. The van der Waals surface area contributed by atoms with E-state index >= 15 is 0 Å². The van der Waals surface area contributed by atoms with Gasteiger partial charge in [-0.15, -0.1) is 0 Å². The largest absolute Gasteiger partial charge is 0.309 e. The molecule has 2 aliphatic heterocycles. The van der Waals surface area contributed by atoms with Crippen molar-refractivity contribution in [1.82, 2.24) is 14.7 Å². The number of carbonyl (C=O) groups excluding carboxylic acids is 3. The third-order valence-corrected chi connectivity index (χ3v) is 5.60. The molecule has 0 saturated heterocycles. The van der Waals surface area contributed by atoms with Crippen LogP contribution < -0.4 is 5.32 Å². The number of amides is 3. The number of rotatable bonds is 3. The Hall–Kier alpha value is -2.61. The SMILES string of the molecule is CC(C)(C)n1nc2c(c1NC(=O)CN1C(=O)c3ccccc3C1=O)CSC2. The zero-order chi connectivity index (χ0) is 19.3. The van der Waals surface area contributed by atoms with Gasteiger partial charge in [-0.25, -0.2) is 4.68 Å². The second-order valence-corrected chi connectivity index (χ2v) is 8.63. The monoisotopic (exact) mass is 384 g/mol. The molecule has 1 aromatic heterocycles. The fourth-order valence-corrected chi connectivity index (χ4v) is 4.36. The number of hydrogen-bond acceptors (Lipinski definition) is 5. The van der Waals surface area contributed by atoms with Gasteiger partial charge < -0.3 is 5.32 Å². The summed E-state index contributed by atoms with van der Waals surface area (Å²) in [5.74, 6) is 0.985. The third kappa shape index (κ3) is 2.93. The fourth-order valence-electron chi connectivity index (χ4n) is 3.32. The average molecular weight is 384 g/mol. The van der Waals surface area contributed by atoms with Gasteiger partial charge in [0, 0.05) is 17.1 Å². The Morgan fingerprint density at radius 1 is 1.15 bits per heavy atom. The number of fused-ring (bicyclic) bond motifs is 2. The van der Waals surface area contributed by atoms with Crippen LogP contribution in [0.25, 0.3) is 0 Å². The van der Waals surface area contributed by atoms with Gasteiger partial charge in [-0.3, -0.25) is 19.3 Å². The highest BCUT2D eigenvalue weighted by molar-refractivity contribution is 7.98. The Kier molecular flexibility index (Phi) is 4.10. The molecule has 0 aliphatic carbocycles. The van der Waals surface area contributed by atoms with Crippen molar-refractivity contribution in [3.05, 3.63) is 46.6 Å². The second-order valence-electron chi connectivity index (χ2n) is 7.64. The lowest BCUT2D eigenvalue weighted by Crippen LogP contribution is -2.38. The number of imide groups is 1. The maximum absolute atomic E-state index is 12.7. The van der Waals surface area contributed by atoms with Gasteiger partial charge in [-0.05, 0) is 32.9 Å². The van der Waals surface area contributed by atoms with E-state index in [2.05, 4.69) is 10.4 Å². The van der Waals surface area contributed by atoms with Crippen LogP contribution in [-0.2, 0) is 21.8 Å². The fraction of sp³-hybridized carbons (Fsp3) is 0.368. The first-order valence-corrected chi connectivity index (χ1v) is 9.87. The smallest absolute Gasteiger partial charge is 0.262 e. The molecule has 1 N–H and O–H groups in total. The highest BCUT2D eigenvalue weighted by Gasteiger charge is 2.37. The lowest BCUT2D eigenvalue weighted by atomic mass is 10.1. The minimum atomic E-state index is -0.434. The number of hydrogen-bond donors (Lipinski definition) is 1. The first kappa shape index (κ1) is 17.8. The van der Waals surface area contributed by atoms with Gasteiger partial charge in [0.2, 0.25) is 5.91 Å². The van der Waals surface area contributed by atoms with Crippen molar-refractivity contribution < 1.29 is 14.4 Å². The van der Waals surface area contributed by atoms with Gasteiger partial charge in [0.25, 0.3) is 11.8 Å². The van der Waals surface area contributed by atoms with Gasteiger partial charge in [0.15, 0.2) is 0 Å². The molecule has 27 heavy (non-hydrogen) atoms. The number of aromatic nitrogens is 2. The number of anilines is 1. The standard InChI is InChI=1S/C19H20N4O3S/c1-19(2,3)23-16(13-9-27-10-14(13)21-23)20-15(24)8-22-17(25)11-6-4-5-7-12(11)18(22)26/h4-7H,8-10H2,1-3H3,(H,20,24). The first-order valence-electron chi connectivity index (χ1n) is 8.71. The van der Waals surface area contributed by atoms with E-state index in [4.69, 9.17) is 0 Å². The second kappa shape index (κ2) is 6.23. The maximum atomic E-state index is 12.7. The molecule has 2 aromatic rings. The molecule has 8 heteroatoms. The molecular weight excluding hydrogens is 364 g/mol. The topological polar surface area (TPSA) is 84.3 Å². The van der Waals surface area contributed by atoms with E-state index in [1.807, 2.05) is 25.5 Å². The van der Waals surface area contributed by atoms with Crippen LogP contribution in [0.2, 0.25) is 0 Å². The van der Waals surface area contributed by atoms with Crippen LogP contribution in [-0.4, -0.2) is 38.9 Å². The molecule has 0 bridgehead atoms.